The summed E-state index contributed by atoms with van der Waals surface area (Å²) in [4.78, 5) is 11.5. The smallest absolute Gasteiger partial charge is 0.337 e. The quantitative estimate of drug-likeness (QED) is 0.607. The van der Waals surface area contributed by atoms with Gasteiger partial charge in [0.15, 0.2) is 0 Å². The van der Waals surface area contributed by atoms with Crippen LogP contribution in [0.1, 0.15) is 12.8 Å². The number of carbonyl (C=O) groups excluding carboxylic acids is 1. The summed E-state index contributed by atoms with van der Waals surface area (Å²) in [5.41, 5.74) is 0.687. The number of ether oxygens (including phenoxy) is 3. The maximum absolute atomic E-state index is 11.5. The molecule has 2 aliphatic heterocycles. The second-order valence-electron chi connectivity index (χ2n) is 4.42. The van der Waals surface area contributed by atoms with E-state index in [1.165, 1.54) is 13.4 Å². The SMILES string of the molecule is COC(=O)C1=COC2OCC3CCC1C32. The molecule has 4 atom stereocenters. The van der Waals surface area contributed by atoms with E-state index in [0.717, 1.165) is 19.4 Å². The largest absolute Gasteiger partial charge is 0.472 e. The van der Waals surface area contributed by atoms with Gasteiger partial charge in [0, 0.05) is 11.8 Å². The van der Waals surface area contributed by atoms with Crippen molar-refractivity contribution < 1.29 is 19.0 Å². The van der Waals surface area contributed by atoms with Gasteiger partial charge in [-0.2, -0.15) is 0 Å². The first-order valence-electron chi connectivity index (χ1n) is 5.36. The Hall–Kier alpha value is -1.03. The summed E-state index contributed by atoms with van der Waals surface area (Å²) in [6.45, 7) is 0.772. The zero-order valence-electron chi connectivity index (χ0n) is 8.64. The highest BCUT2D eigenvalue weighted by molar-refractivity contribution is 5.89. The fourth-order valence-corrected chi connectivity index (χ4v) is 3.08. The van der Waals surface area contributed by atoms with Gasteiger partial charge in [0.1, 0.15) is 0 Å². The van der Waals surface area contributed by atoms with Crippen LogP contribution >= 0.6 is 0 Å². The van der Waals surface area contributed by atoms with Crippen LogP contribution in [0.2, 0.25) is 0 Å². The predicted octanol–water partition coefficient (Wildman–Crippen LogP) is 1.07. The molecule has 4 heteroatoms. The molecular weight excluding hydrogens is 196 g/mol. The molecule has 82 valence electrons. The molecule has 4 nitrogen and oxygen atoms in total. The summed E-state index contributed by atoms with van der Waals surface area (Å²) in [5, 5.41) is 0. The first kappa shape index (κ1) is 9.21. The van der Waals surface area contributed by atoms with Gasteiger partial charge in [0.2, 0.25) is 6.29 Å². The molecule has 0 aromatic rings. The van der Waals surface area contributed by atoms with Crippen molar-refractivity contribution >= 4 is 5.97 Å². The van der Waals surface area contributed by atoms with Crippen LogP contribution in [0.5, 0.6) is 0 Å². The Kier molecular flexibility index (Phi) is 1.99. The third kappa shape index (κ3) is 1.21. The van der Waals surface area contributed by atoms with Crippen molar-refractivity contribution in [2.24, 2.45) is 17.8 Å². The number of esters is 1. The number of hydrogen-bond acceptors (Lipinski definition) is 4. The standard InChI is InChI=1S/C11H14O4/c1-13-10(12)8-5-15-11-9-6(4-14-11)2-3-7(8)9/h5-7,9,11H,2-4H2,1H3. The lowest BCUT2D eigenvalue weighted by molar-refractivity contribution is -0.141. The molecule has 0 bridgehead atoms. The molecule has 1 aliphatic carbocycles. The van der Waals surface area contributed by atoms with Crippen LogP contribution in [0.3, 0.4) is 0 Å². The molecule has 0 aromatic carbocycles. The van der Waals surface area contributed by atoms with E-state index in [9.17, 15) is 4.79 Å². The van der Waals surface area contributed by atoms with Crippen molar-refractivity contribution in [2.45, 2.75) is 19.1 Å². The Bertz CT molecular complexity index is 323. The molecule has 1 saturated heterocycles. The molecule has 1 saturated carbocycles. The lowest BCUT2D eigenvalue weighted by atomic mass is 9.85. The minimum atomic E-state index is -0.258. The van der Waals surface area contributed by atoms with Gasteiger partial charge in [-0.15, -0.1) is 0 Å². The van der Waals surface area contributed by atoms with Crippen LogP contribution in [0.25, 0.3) is 0 Å². The second kappa shape index (κ2) is 3.23. The molecule has 0 spiro atoms. The van der Waals surface area contributed by atoms with Gasteiger partial charge in [-0.05, 0) is 18.8 Å². The summed E-state index contributed by atoms with van der Waals surface area (Å²) in [7, 11) is 1.41. The van der Waals surface area contributed by atoms with E-state index in [1.54, 1.807) is 0 Å². The van der Waals surface area contributed by atoms with Gasteiger partial charge < -0.3 is 14.2 Å². The monoisotopic (exact) mass is 210 g/mol. The number of hydrogen-bond donors (Lipinski definition) is 0. The van der Waals surface area contributed by atoms with E-state index in [4.69, 9.17) is 14.2 Å². The lowest BCUT2D eigenvalue weighted by Gasteiger charge is -2.29. The van der Waals surface area contributed by atoms with E-state index >= 15 is 0 Å². The molecule has 0 N–H and O–H groups in total. The molecule has 0 radical (unpaired) electrons. The number of carbonyl (C=O) groups is 1. The van der Waals surface area contributed by atoms with Gasteiger partial charge in [0.05, 0.1) is 25.6 Å². The van der Waals surface area contributed by atoms with Gasteiger partial charge in [-0.25, -0.2) is 4.79 Å². The lowest BCUT2D eigenvalue weighted by Crippen LogP contribution is -2.32. The fraction of sp³-hybridized carbons (Fsp3) is 0.727. The number of rotatable bonds is 1. The van der Waals surface area contributed by atoms with Crippen molar-refractivity contribution in [3.05, 3.63) is 11.8 Å². The Balaban J connectivity index is 1.90. The molecule has 0 amide bonds. The highest BCUT2D eigenvalue weighted by Gasteiger charge is 2.52. The first-order chi connectivity index (χ1) is 7.31. The minimum Gasteiger partial charge on any atom is -0.472 e. The molecular formula is C11H14O4. The third-order valence-corrected chi connectivity index (χ3v) is 3.80. The van der Waals surface area contributed by atoms with Gasteiger partial charge in [-0.1, -0.05) is 0 Å². The van der Waals surface area contributed by atoms with E-state index in [2.05, 4.69) is 0 Å². The van der Waals surface area contributed by atoms with Crippen molar-refractivity contribution in [3.8, 4) is 0 Å². The highest BCUT2D eigenvalue weighted by atomic mass is 16.7. The van der Waals surface area contributed by atoms with Crippen LogP contribution in [0, 0.1) is 17.8 Å². The first-order valence-corrected chi connectivity index (χ1v) is 5.36. The second-order valence-corrected chi connectivity index (χ2v) is 4.42. The number of methoxy groups -OCH3 is 1. The normalized spacial score (nSPS) is 41.8. The molecule has 3 rings (SSSR count). The summed E-state index contributed by atoms with van der Waals surface area (Å²) >= 11 is 0. The molecule has 15 heavy (non-hydrogen) atoms. The molecule has 0 aromatic heterocycles. The predicted molar refractivity (Wildman–Crippen MR) is 50.6 cm³/mol. The maximum atomic E-state index is 11.5. The van der Waals surface area contributed by atoms with Gasteiger partial charge in [0.25, 0.3) is 0 Å². The van der Waals surface area contributed by atoms with Crippen LogP contribution in [0.4, 0.5) is 0 Å². The van der Waals surface area contributed by atoms with Crippen LogP contribution in [-0.4, -0.2) is 26.0 Å². The summed E-state index contributed by atoms with van der Waals surface area (Å²) in [6, 6.07) is 0. The van der Waals surface area contributed by atoms with E-state index in [0.29, 0.717) is 17.4 Å². The van der Waals surface area contributed by atoms with E-state index < -0.39 is 0 Å². The molecule has 2 heterocycles. The summed E-state index contributed by atoms with van der Waals surface area (Å²) in [6.07, 6.45) is 3.59. The Labute approximate surface area is 88.2 Å². The Morgan fingerprint density at radius 1 is 1.53 bits per heavy atom. The van der Waals surface area contributed by atoms with Crippen molar-refractivity contribution in [2.75, 3.05) is 13.7 Å². The fourth-order valence-electron chi connectivity index (χ4n) is 3.08. The van der Waals surface area contributed by atoms with Crippen LogP contribution in [0.15, 0.2) is 11.8 Å². The summed E-state index contributed by atoms with van der Waals surface area (Å²) < 4.78 is 15.7. The van der Waals surface area contributed by atoms with Crippen molar-refractivity contribution in [1.82, 2.24) is 0 Å². The van der Waals surface area contributed by atoms with E-state index in [1.807, 2.05) is 0 Å². The van der Waals surface area contributed by atoms with Crippen LogP contribution in [-0.2, 0) is 19.0 Å². The Morgan fingerprint density at radius 3 is 3.20 bits per heavy atom. The molecule has 3 aliphatic rings. The molecule has 4 unspecified atom stereocenters. The average molecular weight is 210 g/mol. The van der Waals surface area contributed by atoms with Crippen molar-refractivity contribution in [1.29, 1.82) is 0 Å². The third-order valence-electron chi connectivity index (χ3n) is 3.80. The zero-order valence-corrected chi connectivity index (χ0v) is 8.64. The van der Waals surface area contributed by atoms with E-state index in [-0.39, 0.29) is 18.2 Å². The average Bonchev–Trinajstić information content (AvgIpc) is 2.86. The van der Waals surface area contributed by atoms with Crippen molar-refractivity contribution in [3.63, 3.8) is 0 Å². The van der Waals surface area contributed by atoms with Gasteiger partial charge >= 0.3 is 5.97 Å². The topological polar surface area (TPSA) is 44.8 Å². The summed E-state index contributed by atoms with van der Waals surface area (Å²) in [5.74, 6) is 0.951. The zero-order chi connectivity index (χ0) is 10.4. The minimum absolute atomic E-state index is 0.129. The van der Waals surface area contributed by atoms with Gasteiger partial charge in [-0.3, -0.25) is 0 Å². The maximum Gasteiger partial charge on any atom is 0.337 e. The highest BCUT2D eigenvalue weighted by Crippen LogP contribution is 2.50. The molecule has 2 fully saturated rings. The Morgan fingerprint density at radius 2 is 2.40 bits per heavy atom. The van der Waals surface area contributed by atoms with Crippen LogP contribution < -0.4 is 0 Å².